The molecule has 0 radical (unpaired) electrons. The zero-order valence-corrected chi connectivity index (χ0v) is 7.46. The highest BCUT2D eigenvalue weighted by Gasteiger charge is 2.10. The molecule has 0 aliphatic heterocycles. The van der Waals surface area contributed by atoms with E-state index < -0.39 is 11.8 Å². The molecule has 0 aromatic carbocycles. The lowest BCUT2D eigenvalue weighted by molar-refractivity contribution is 0.0697. The molecule has 0 fully saturated rings. The fourth-order valence-corrected chi connectivity index (χ4v) is 1.10. The molecule has 0 saturated carbocycles. The Balaban J connectivity index is 2.46. The van der Waals surface area contributed by atoms with E-state index in [1.165, 1.54) is 24.5 Å². The highest BCUT2D eigenvalue weighted by molar-refractivity contribution is 5.86. The summed E-state index contributed by atoms with van der Waals surface area (Å²) in [6, 6.07) is 2.67. The largest absolute Gasteiger partial charge is 0.478 e. The van der Waals surface area contributed by atoms with Crippen LogP contribution in [0.3, 0.4) is 0 Å². The SMILES string of the molecule is O=C(O)c1cnn(-c2ncccc2F)c1. The Hall–Kier alpha value is -2.24. The molecule has 6 heteroatoms. The van der Waals surface area contributed by atoms with Crippen molar-refractivity contribution in [2.24, 2.45) is 0 Å². The van der Waals surface area contributed by atoms with Gasteiger partial charge in [-0.3, -0.25) is 0 Å². The zero-order valence-electron chi connectivity index (χ0n) is 7.46. The monoisotopic (exact) mass is 207 g/mol. The molecule has 2 rings (SSSR count). The van der Waals surface area contributed by atoms with Gasteiger partial charge in [-0.15, -0.1) is 0 Å². The number of aromatic nitrogens is 3. The van der Waals surface area contributed by atoms with E-state index in [1.807, 2.05) is 0 Å². The standard InChI is InChI=1S/C9H6FN3O2/c10-7-2-1-3-11-8(7)13-5-6(4-12-13)9(14)15/h1-5H,(H,14,15). The van der Waals surface area contributed by atoms with Crippen molar-refractivity contribution in [3.05, 3.63) is 42.1 Å². The minimum absolute atomic E-state index is 0.0138. The first-order valence-corrected chi connectivity index (χ1v) is 4.07. The second-order valence-corrected chi connectivity index (χ2v) is 2.79. The molecule has 0 amide bonds. The fraction of sp³-hybridized carbons (Fsp3) is 0. The number of carbonyl (C=O) groups is 1. The molecule has 0 atom stereocenters. The summed E-state index contributed by atoms with van der Waals surface area (Å²) in [5.41, 5.74) is -0.0138. The predicted octanol–water partition coefficient (Wildman–Crippen LogP) is 1.10. The summed E-state index contributed by atoms with van der Waals surface area (Å²) in [7, 11) is 0. The van der Waals surface area contributed by atoms with E-state index in [0.717, 1.165) is 10.9 Å². The van der Waals surface area contributed by atoms with Gasteiger partial charge in [0.05, 0.1) is 11.8 Å². The predicted molar refractivity (Wildman–Crippen MR) is 48.3 cm³/mol. The van der Waals surface area contributed by atoms with E-state index in [9.17, 15) is 9.18 Å². The molecule has 5 nitrogen and oxygen atoms in total. The van der Waals surface area contributed by atoms with Crippen LogP contribution in [0, 0.1) is 5.82 Å². The summed E-state index contributed by atoms with van der Waals surface area (Å²) in [6.45, 7) is 0. The molecular weight excluding hydrogens is 201 g/mol. The summed E-state index contributed by atoms with van der Waals surface area (Å²) in [5.74, 6) is -1.69. The van der Waals surface area contributed by atoms with Crippen LogP contribution in [-0.4, -0.2) is 25.8 Å². The van der Waals surface area contributed by atoms with Crippen LogP contribution in [0.5, 0.6) is 0 Å². The number of carboxylic acid groups (broad SMARTS) is 1. The first-order valence-electron chi connectivity index (χ1n) is 4.07. The van der Waals surface area contributed by atoms with Crippen LogP contribution >= 0.6 is 0 Å². The Labute approximate surface area is 83.8 Å². The molecule has 0 saturated heterocycles. The first kappa shape index (κ1) is 9.32. The van der Waals surface area contributed by atoms with Crippen molar-refractivity contribution >= 4 is 5.97 Å². The van der Waals surface area contributed by atoms with Crippen molar-refractivity contribution in [1.82, 2.24) is 14.8 Å². The third kappa shape index (κ3) is 1.69. The third-order valence-corrected chi connectivity index (χ3v) is 1.79. The van der Waals surface area contributed by atoms with Crippen LogP contribution in [0.25, 0.3) is 5.82 Å². The van der Waals surface area contributed by atoms with Crippen molar-refractivity contribution in [2.75, 3.05) is 0 Å². The summed E-state index contributed by atoms with van der Waals surface area (Å²) < 4.78 is 14.3. The van der Waals surface area contributed by atoms with Crippen LogP contribution in [0.1, 0.15) is 10.4 Å². The van der Waals surface area contributed by atoms with Gasteiger partial charge in [-0.2, -0.15) is 5.10 Å². The number of aromatic carboxylic acids is 1. The van der Waals surface area contributed by atoms with Gasteiger partial charge in [-0.05, 0) is 12.1 Å². The highest BCUT2D eigenvalue weighted by atomic mass is 19.1. The number of hydrogen-bond acceptors (Lipinski definition) is 3. The second-order valence-electron chi connectivity index (χ2n) is 2.79. The van der Waals surface area contributed by atoms with Gasteiger partial charge < -0.3 is 5.11 Å². The molecule has 0 unspecified atom stereocenters. The highest BCUT2D eigenvalue weighted by Crippen LogP contribution is 2.09. The Kier molecular flexibility index (Phi) is 2.17. The van der Waals surface area contributed by atoms with Crippen molar-refractivity contribution in [3.8, 4) is 5.82 Å². The van der Waals surface area contributed by atoms with E-state index in [2.05, 4.69) is 10.1 Å². The number of hydrogen-bond donors (Lipinski definition) is 1. The molecular formula is C9H6FN3O2. The molecule has 76 valence electrons. The Morgan fingerprint density at radius 2 is 2.33 bits per heavy atom. The normalized spacial score (nSPS) is 10.2. The van der Waals surface area contributed by atoms with Gasteiger partial charge in [0, 0.05) is 12.4 Å². The lowest BCUT2D eigenvalue weighted by Gasteiger charge is -1.99. The molecule has 0 bridgehead atoms. The minimum Gasteiger partial charge on any atom is -0.478 e. The van der Waals surface area contributed by atoms with Crippen molar-refractivity contribution in [2.45, 2.75) is 0 Å². The quantitative estimate of drug-likeness (QED) is 0.800. The van der Waals surface area contributed by atoms with Crippen LogP contribution in [0.2, 0.25) is 0 Å². The lowest BCUT2D eigenvalue weighted by Crippen LogP contribution is -2.01. The topological polar surface area (TPSA) is 68.0 Å². The maximum atomic E-state index is 13.2. The van der Waals surface area contributed by atoms with Gasteiger partial charge in [-0.25, -0.2) is 18.9 Å². The van der Waals surface area contributed by atoms with Crippen LogP contribution < -0.4 is 0 Å². The number of nitrogens with zero attached hydrogens (tertiary/aromatic N) is 3. The van der Waals surface area contributed by atoms with Gasteiger partial charge in [0.25, 0.3) is 0 Å². The molecule has 2 aromatic heterocycles. The summed E-state index contributed by atoms with van der Waals surface area (Å²) in [6.07, 6.45) is 3.74. The van der Waals surface area contributed by atoms with E-state index >= 15 is 0 Å². The average molecular weight is 207 g/mol. The van der Waals surface area contributed by atoms with Crippen LogP contribution in [0.4, 0.5) is 4.39 Å². The number of pyridine rings is 1. The third-order valence-electron chi connectivity index (χ3n) is 1.79. The summed E-state index contributed by atoms with van der Waals surface area (Å²) in [4.78, 5) is 14.3. The maximum absolute atomic E-state index is 13.2. The minimum atomic E-state index is -1.11. The van der Waals surface area contributed by atoms with Gasteiger partial charge >= 0.3 is 5.97 Å². The number of halogens is 1. The molecule has 0 spiro atoms. The fourth-order valence-electron chi connectivity index (χ4n) is 1.10. The molecule has 1 N–H and O–H groups in total. The van der Waals surface area contributed by atoms with Gasteiger partial charge in [-0.1, -0.05) is 0 Å². The Morgan fingerprint density at radius 1 is 1.53 bits per heavy atom. The lowest BCUT2D eigenvalue weighted by atomic mass is 10.4. The van der Waals surface area contributed by atoms with E-state index in [0.29, 0.717) is 0 Å². The maximum Gasteiger partial charge on any atom is 0.338 e. The summed E-state index contributed by atoms with van der Waals surface area (Å²) >= 11 is 0. The van der Waals surface area contributed by atoms with Crippen molar-refractivity contribution in [1.29, 1.82) is 0 Å². The van der Waals surface area contributed by atoms with Gasteiger partial charge in [0.2, 0.25) is 0 Å². The van der Waals surface area contributed by atoms with Crippen molar-refractivity contribution in [3.63, 3.8) is 0 Å². The molecule has 15 heavy (non-hydrogen) atoms. The smallest absolute Gasteiger partial charge is 0.338 e. The average Bonchev–Trinajstić information content (AvgIpc) is 2.67. The van der Waals surface area contributed by atoms with Crippen LogP contribution in [-0.2, 0) is 0 Å². The summed E-state index contributed by atoms with van der Waals surface area (Å²) in [5, 5.41) is 12.3. The Morgan fingerprint density at radius 3 is 2.93 bits per heavy atom. The molecule has 2 aromatic rings. The Bertz CT molecular complexity index is 510. The molecule has 0 aliphatic carbocycles. The van der Waals surface area contributed by atoms with E-state index in [4.69, 9.17) is 5.11 Å². The van der Waals surface area contributed by atoms with E-state index in [1.54, 1.807) is 0 Å². The first-order chi connectivity index (χ1) is 7.18. The van der Waals surface area contributed by atoms with Crippen molar-refractivity contribution < 1.29 is 14.3 Å². The molecule has 0 aliphatic rings. The van der Waals surface area contributed by atoms with Crippen LogP contribution in [0.15, 0.2) is 30.7 Å². The van der Waals surface area contributed by atoms with Gasteiger partial charge in [0.1, 0.15) is 0 Å². The molecule has 2 heterocycles. The number of rotatable bonds is 2. The second kappa shape index (κ2) is 3.49. The van der Waals surface area contributed by atoms with Gasteiger partial charge in [0.15, 0.2) is 11.6 Å². The van der Waals surface area contributed by atoms with E-state index in [-0.39, 0.29) is 11.4 Å². The number of carboxylic acids is 1. The zero-order chi connectivity index (χ0) is 10.8.